The van der Waals surface area contributed by atoms with Crippen molar-refractivity contribution in [3.63, 3.8) is 0 Å². The predicted molar refractivity (Wildman–Crippen MR) is 84.8 cm³/mol. The van der Waals surface area contributed by atoms with Gasteiger partial charge in [0.2, 0.25) is 11.7 Å². The second-order valence-electron chi connectivity index (χ2n) is 4.15. The quantitative estimate of drug-likeness (QED) is 0.623. The standard InChI is InChI=1S/C16H9IN2O/c17-13-9-5-4-8-12(13)16-19-15(14(10-18)20-16)11-6-2-1-3-7-11/h1-9H. The Kier molecular flexibility index (Phi) is 3.52. The van der Waals surface area contributed by atoms with Crippen LogP contribution in [0.25, 0.3) is 22.7 Å². The molecule has 0 N–H and O–H groups in total. The van der Waals surface area contributed by atoms with Crippen molar-refractivity contribution >= 4 is 22.6 Å². The van der Waals surface area contributed by atoms with Gasteiger partial charge in [0, 0.05) is 9.13 Å². The van der Waals surface area contributed by atoms with Gasteiger partial charge in [0.05, 0.1) is 5.56 Å². The van der Waals surface area contributed by atoms with Crippen molar-refractivity contribution in [3.8, 4) is 28.8 Å². The maximum Gasteiger partial charge on any atom is 0.232 e. The van der Waals surface area contributed by atoms with Crippen molar-refractivity contribution in [1.29, 1.82) is 5.26 Å². The first-order valence-electron chi connectivity index (χ1n) is 6.01. The van der Waals surface area contributed by atoms with Gasteiger partial charge in [-0.3, -0.25) is 0 Å². The highest BCUT2D eigenvalue weighted by Crippen LogP contribution is 2.30. The molecular weight excluding hydrogens is 363 g/mol. The smallest absolute Gasteiger partial charge is 0.232 e. The van der Waals surface area contributed by atoms with Crippen molar-refractivity contribution in [2.24, 2.45) is 0 Å². The Morgan fingerprint density at radius 3 is 2.40 bits per heavy atom. The molecule has 3 nitrogen and oxygen atoms in total. The predicted octanol–water partition coefficient (Wildman–Crippen LogP) is 4.48. The van der Waals surface area contributed by atoms with E-state index in [0.717, 1.165) is 14.7 Å². The Bertz CT molecular complexity index is 788. The number of hydrogen-bond acceptors (Lipinski definition) is 3. The molecule has 0 bridgehead atoms. The van der Waals surface area contributed by atoms with Crippen LogP contribution in [-0.2, 0) is 0 Å². The van der Waals surface area contributed by atoms with Crippen LogP contribution >= 0.6 is 22.6 Å². The van der Waals surface area contributed by atoms with E-state index in [1.54, 1.807) is 0 Å². The molecule has 1 aromatic heterocycles. The first kappa shape index (κ1) is 12.9. The van der Waals surface area contributed by atoms with Crippen LogP contribution < -0.4 is 0 Å². The summed E-state index contributed by atoms with van der Waals surface area (Å²) in [6, 6.07) is 19.5. The molecule has 0 saturated heterocycles. The first-order chi connectivity index (χ1) is 9.79. The molecule has 4 heteroatoms. The van der Waals surface area contributed by atoms with Gasteiger partial charge in [-0.15, -0.1) is 0 Å². The normalized spacial score (nSPS) is 10.2. The van der Waals surface area contributed by atoms with Crippen LogP contribution in [0.15, 0.2) is 59.0 Å². The van der Waals surface area contributed by atoms with E-state index in [1.165, 1.54) is 0 Å². The van der Waals surface area contributed by atoms with Crippen LogP contribution in [0.2, 0.25) is 0 Å². The second kappa shape index (κ2) is 5.47. The van der Waals surface area contributed by atoms with Gasteiger partial charge >= 0.3 is 0 Å². The lowest BCUT2D eigenvalue weighted by Crippen LogP contribution is -1.83. The minimum atomic E-state index is 0.242. The van der Waals surface area contributed by atoms with Gasteiger partial charge < -0.3 is 4.42 Å². The molecule has 3 rings (SSSR count). The topological polar surface area (TPSA) is 49.8 Å². The molecule has 0 unspecified atom stereocenters. The Balaban J connectivity index is 2.16. The van der Waals surface area contributed by atoms with Crippen molar-refractivity contribution in [2.75, 3.05) is 0 Å². The Morgan fingerprint density at radius 2 is 1.70 bits per heavy atom. The number of rotatable bonds is 2. The Labute approximate surface area is 130 Å². The molecule has 3 aromatic rings. The van der Waals surface area contributed by atoms with Crippen molar-refractivity contribution in [1.82, 2.24) is 4.98 Å². The molecule has 20 heavy (non-hydrogen) atoms. The first-order valence-corrected chi connectivity index (χ1v) is 7.08. The zero-order chi connectivity index (χ0) is 13.9. The fraction of sp³-hybridized carbons (Fsp3) is 0. The summed E-state index contributed by atoms with van der Waals surface area (Å²) in [6.45, 7) is 0. The molecule has 0 radical (unpaired) electrons. The number of nitriles is 1. The number of oxazole rings is 1. The molecule has 2 aromatic carbocycles. The molecule has 0 aliphatic carbocycles. The van der Waals surface area contributed by atoms with Crippen LogP contribution in [0.5, 0.6) is 0 Å². The lowest BCUT2D eigenvalue weighted by atomic mass is 10.1. The van der Waals surface area contributed by atoms with Crippen LogP contribution in [0.1, 0.15) is 5.76 Å². The fourth-order valence-electron chi connectivity index (χ4n) is 1.94. The largest absolute Gasteiger partial charge is 0.425 e. The van der Waals surface area contributed by atoms with E-state index in [0.29, 0.717) is 11.6 Å². The summed E-state index contributed by atoms with van der Waals surface area (Å²) < 4.78 is 6.65. The molecule has 0 aliphatic rings. The van der Waals surface area contributed by atoms with E-state index in [4.69, 9.17) is 4.42 Å². The molecule has 0 spiro atoms. The van der Waals surface area contributed by atoms with Gasteiger partial charge in [0.25, 0.3) is 0 Å². The molecule has 0 amide bonds. The number of nitrogens with zero attached hydrogens (tertiary/aromatic N) is 2. The lowest BCUT2D eigenvalue weighted by molar-refractivity contribution is 0.560. The van der Waals surface area contributed by atoms with Crippen molar-refractivity contribution < 1.29 is 4.42 Å². The zero-order valence-electron chi connectivity index (χ0n) is 10.4. The van der Waals surface area contributed by atoms with Gasteiger partial charge in [0.1, 0.15) is 11.8 Å². The molecule has 96 valence electrons. The Morgan fingerprint density at radius 1 is 1.00 bits per heavy atom. The number of hydrogen-bond donors (Lipinski definition) is 0. The average Bonchev–Trinajstić information content (AvgIpc) is 2.92. The third-order valence-electron chi connectivity index (χ3n) is 2.88. The third-order valence-corrected chi connectivity index (χ3v) is 3.82. The van der Waals surface area contributed by atoms with Crippen LogP contribution in [0, 0.1) is 14.9 Å². The molecule has 0 fully saturated rings. The highest BCUT2D eigenvalue weighted by atomic mass is 127. The summed E-state index contributed by atoms with van der Waals surface area (Å²) in [5, 5.41) is 9.22. The third kappa shape index (κ3) is 2.32. The summed E-state index contributed by atoms with van der Waals surface area (Å²) in [6.07, 6.45) is 0. The van der Waals surface area contributed by atoms with Crippen molar-refractivity contribution in [3.05, 3.63) is 63.9 Å². The minimum absolute atomic E-state index is 0.242. The summed E-state index contributed by atoms with van der Waals surface area (Å²) in [7, 11) is 0. The van der Waals surface area contributed by atoms with E-state index in [9.17, 15) is 5.26 Å². The summed E-state index contributed by atoms with van der Waals surface area (Å²) in [5.41, 5.74) is 2.36. The molecule has 0 aliphatic heterocycles. The molecule has 0 atom stereocenters. The van der Waals surface area contributed by atoms with E-state index >= 15 is 0 Å². The van der Waals surface area contributed by atoms with E-state index in [1.807, 2.05) is 54.6 Å². The second-order valence-corrected chi connectivity index (χ2v) is 5.32. The van der Waals surface area contributed by atoms with E-state index in [-0.39, 0.29) is 5.76 Å². The average molecular weight is 372 g/mol. The van der Waals surface area contributed by atoms with Gasteiger partial charge in [-0.1, -0.05) is 42.5 Å². The van der Waals surface area contributed by atoms with Crippen molar-refractivity contribution in [2.45, 2.75) is 0 Å². The SMILES string of the molecule is N#Cc1oc(-c2ccccc2I)nc1-c1ccccc1. The van der Waals surface area contributed by atoms with Crippen LogP contribution in [0.4, 0.5) is 0 Å². The summed E-state index contributed by atoms with van der Waals surface area (Å²) in [4.78, 5) is 4.49. The zero-order valence-corrected chi connectivity index (χ0v) is 12.5. The van der Waals surface area contributed by atoms with Gasteiger partial charge in [-0.25, -0.2) is 4.98 Å². The lowest BCUT2D eigenvalue weighted by Gasteiger charge is -1.97. The minimum Gasteiger partial charge on any atom is -0.425 e. The summed E-state index contributed by atoms with van der Waals surface area (Å²) >= 11 is 2.23. The maximum absolute atomic E-state index is 9.22. The highest BCUT2D eigenvalue weighted by molar-refractivity contribution is 14.1. The van der Waals surface area contributed by atoms with Gasteiger partial charge in [-0.05, 0) is 34.7 Å². The number of benzene rings is 2. The summed E-state index contributed by atoms with van der Waals surface area (Å²) in [5.74, 6) is 0.719. The monoisotopic (exact) mass is 372 g/mol. The molecular formula is C16H9IN2O. The number of halogens is 1. The maximum atomic E-state index is 9.22. The van der Waals surface area contributed by atoms with Crippen LogP contribution in [-0.4, -0.2) is 4.98 Å². The van der Waals surface area contributed by atoms with Crippen LogP contribution in [0.3, 0.4) is 0 Å². The van der Waals surface area contributed by atoms with E-state index in [2.05, 4.69) is 33.6 Å². The molecule has 1 heterocycles. The van der Waals surface area contributed by atoms with E-state index < -0.39 is 0 Å². The van der Waals surface area contributed by atoms with Gasteiger partial charge in [0.15, 0.2) is 0 Å². The van der Waals surface area contributed by atoms with Gasteiger partial charge in [-0.2, -0.15) is 5.26 Å². The number of aromatic nitrogens is 1. The fourth-order valence-corrected chi connectivity index (χ4v) is 2.56. The Hall–Kier alpha value is -2.13. The molecule has 0 saturated carbocycles. The highest BCUT2D eigenvalue weighted by Gasteiger charge is 2.17.